The molecule has 0 bridgehead atoms. The van der Waals surface area contributed by atoms with Crippen LogP contribution in [0, 0.1) is 0 Å². The highest BCUT2D eigenvalue weighted by molar-refractivity contribution is 6.04. The van der Waals surface area contributed by atoms with Gasteiger partial charge >= 0.3 is 12.0 Å². The smallest absolute Gasteiger partial charge is 0.338 e. The lowest BCUT2D eigenvalue weighted by Gasteiger charge is -2.32. The number of carbonyl (C=O) groups is 3. The Morgan fingerprint density at radius 1 is 0.875 bits per heavy atom. The largest absolute Gasteiger partial charge is 0.462 e. The third-order valence-corrected chi connectivity index (χ3v) is 7.56. The third-order valence-electron chi connectivity index (χ3n) is 7.56. The summed E-state index contributed by atoms with van der Waals surface area (Å²) in [5.74, 6) is -0.519. The van der Waals surface area contributed by atoms with E-state index < -0.39 is 12.0 Å². The molecule has 0 saturated heterocycles. The quantitative estimate of drug-likeness (QED) is 0.313. The van der Waals surface area contributed by atoms with Gasteiger partial charge in [-0.25, -0.2) is 9.59 Å². The van der Waals surface area contributed by atoms with Crippen molar-refractivity contribution in [3.63, 3.8) is 0 Å². The lowest BCUT2D eigenvalue weighted by molar-refractivity contribution is 0.0526. The number of nitrogens with one attached hydrogen (secondary N) is 3. The number of nitrogens with zero attached hydrogens (tertiary/aromatic N) is 1. The average Bonchev–Trinajstić information content (AvgIpc) is 2.98. The molecule has 1 aliphatic heterocycles. The molecular formula is C32H36N4O4. The summed E-state index contributed by atoms with van der Waals surface area (Å²) in [4.78, 5) is 40.5. The number of anilines is 3. The van der Waals surface area contributed by atoms with Crippen molar-refractivity contribution in [1.29, 1.82) is 0 Å². The van der Waals surface area contributed by atoms with E-state index in [0.29, 0.717) is 29.1 Å². The fourth-order valence-electron chi connectivity index (χ4n) is 5.48. The molecule has 40 heavy (non-hydrogen) atoms. The molecule has 2 aliphatic rings. The van der Waals surface area contributed by atoms with Gasteiger partial charge in [0.2, 0.25) is 0 Å². The van der Waals surface area contributed by atoms with E-state index in [-0.39, 0.29) is 11.9 Å². The molecule has 8 nitrogen and oxygen atoms in total. The highest BCUT2D eigenvalue weighted by Gasteiger charge is 2.24. The van der Waals surface area contributed by atoms with Crippen LogP contribution in [-0.2, 0) is 17.7 Å². The normalized spacial score (nSPS) is 15.1. The zero-order valence-corrected chi connectivity index (χ0v) is 22.9. The van der Waals surface area contributed by atoms with Crippen LogP contribution in [0.2, 0.25) is 0 Å². The molecule has 0 unspecified atom stereocenters. The molecule has 1 heterocycles. The van der Waals surface area contributed by atoms with E-state index in [1.807, 2.05) is 12.1 Å². The van der Waals surface area contributed by atoms with Crippen molar-refractivity contribution in [1.82, 2.24) is 5.32 Å². The van der Waals surface area contributed by atoms with Crippen LogP contribution in [0.1, 0.15) is 70.9 Å². The Labute approximate surface area is 235 Å². The number of hydrogen-bond acceptors (Lipinski definition) is 5. The molecule has 0 radical (unpaired) electrons. The molecular weight excluding hydrogens is 504 g/mol. The first-order valence-electron chi connectivity index (χ1n) is 14.1. The van der Waals surface area contributed by atoms with Crippen LogP contribution < -0.4 is 20.9 Å². The zero-order valence-electron chi connectivity index (χ0n) is 22.9. The molecule has 0 spiro atoms. The van der Waals surface area contributed by atoms with Gasteiger partial charge in [-0.15, -0.1) is 0 Å². The molecule has 3 N–H and O–H groups in total. The lowest BCUT2D eigenvalue weighted by atomic mass is 9.95. The summed E-state index contributed by atoms with van der Waals surface area (Å²) in [5, 5.41) is 8.88. The molecule has 3 amide bonds. The van der Waals surface area contributed by atoms with Crippen molar-refractivity contribution in [2.24, 2.45) is 0 Å². The molecule has 0 atom stereocenters. The van der Waals surface area contributed by atoms with E-state index in [9.17, 15) is 14.4 Å². The number of amides is 3. The van der Waals surface area contributed by atoms with Crippen molar-refractivity contribution < 1.29 is 19.1 Å². The first-order chi connectivity index (χ1) is 19.5. The summed E-state index contributed by atoms with van der Waals surface area (Å²) in [6.07, 6.45) is 6.37. The van der Waals surface area contributed by atoms with Gasteiger partial charge in [0, 0.05) is 36.2 Å². The van der Waals surface area contributed by atoms with Crippen molar-refractivity contribution in [3.05, 3.63) is 89.0 Å². The maximum absolute atomic E-state index is 13.6. The predicted octanol–water partition coefficient (Wildman–Crippen LogP) is 6.13. The minimum Gasteiger partial charge on any atom is -0.462 e. The van der Waals surface area contributed by atoms with Gasteiger partial charge in [0.25, 0.3) is 5.91 Å². The van der Waals surface area contributed by atoms with Crippen molar-refractivity contribution in [2.75, 3.05) is 28.7 Å². The maximum Gasteiger partial charge on any atom is 0.338 e. The van der Waals surface area contributed by atoms with Gasteiger partial charge in [0.15, 0.2) is 0 Å². The van der Waals surface area contributed by atoms with Crippen LogP contribution in [0.5, 0.6) is 0 Å². The molecule has 5 rings (SSSR count). The Morgan fingerprint density at radius 2 is 1.57 bits per heavy atom. The summed E-state index contributed by atoms with van der Waals surface area (Å²) >= 11 is 0. The van der Waals surface area contributed by atoms with Gasteiger partial charge in [-0.3, -0.25) is 4.79 Å². The Morgan fingerprint density at radius 3 is 2.33 bits per heavy atom. The highest BCUT2D eigenvalue weighted by atomic mass is 16.5. The monoisotopic (exact) mass is 540 g/mol. The molecule has 3 aromatic carbocycles. The van der Waals surface area contributed by atoms with Crippen molar-refractivity contribution >= 4 is 35.0 Å². The third kappa shape index (κ3) is 6.62. The van der Waals surface area contributed by atoms with E-state index in [2.05, 4.69) is 45.1 Å². The topological polar surface area (TPSA) is 99.8 Å². The Kier molecular flexibility index (Phi) is 8.64. The Balaban J connectivity index is 1.32. The van der Waals surface area contributed by atoms with Crippen LogP contribution in [0.25, 0.3) is 0 Å². The lowest BCUT2D eigenvalue weighted by Crippen LogP contribution is -2.38. The van der Waals surface area contributed by atoms with E-state index >= 15 is 0 Å². The minimum atomic E-state index is -0.442. The first kappa shape index (κ1) is 27.2. The number of fused-ring (bicyclic) bond motifs is 1. The fraction of sp³-hybridized carbons (Fsp3) is 0.344. The number of hydrogen-bond donors (Lipinski definition) is 3. The van der Waals surface area contributed by atoms with Crippen LogP contribution in [0.4, 0.5) is 21.9 Å². The number of urea groups is 1. The van der Waals surface area contributed by atoms with Crippen molar-refractivity contribution in [3.8, 4) is 0 Å². The predicted molar refractivity (Wildman–Crippen MR) is 157 cm³/mol. The molecule has 1 saturated carbocycles. The molecule has 1 fully saturated rings. The molecule has 0 aromatic heterocycles. The number of ether oxygens (including phenoxy) is 1. The van der Waals surface area contributed by atoms with Crippen molar-refractivity contribution in [2.45, 2.75) is 58.0 Å². The number of carbonyl (C=O) groups excluding carboxylic acids is 3. The Hall–Kier alpha value is -4.33. The molecule has 3 aromatic rings. The highest BCUT2D eigenvalue weighted by Crippen LogP contribution is 2.30. The van der Waals surface area contributed by atoms with Gasteiger partial charge in [0.1, 0.15) is 0 Å². The maximum atomic E-state index is 13.6. The second-order valence-corrected chi connectivity index (χ2v) is 10.4. The summed E-state index contributed by atoms with van der Waals surface area (Å²) in [5.41, 5.74) is 5.50. The van der Waals surface area contributed by atoms with Crippen LogP contribution in [0.15, 0.2) is 66.7 Å². The van der Waals surface area contributed by atoms with E-state index in [4.69, 9.17) is 4.74 Å². The van der Waals surface area contributed by atoms with E-state index in [0.717, 1.165) is 50.9 Å². The van der Waals surface area contributed by atoms with Gasteiger partial charge in [0.05, 0.1) is 17.7 Å². The summed E-state index contributed by atoms with van der Waals surface area (Å²) in [6.45, 7) is 3.59. The van der Waals surface area contributed by atoms with Crippen LogP contribution in [-0.4, -0.2) is 37.1 Å². The minimum absolute atomic E-state index is 0.112. The fourth-order valence-corrected chi connectivity index (χ4v) is 5.48. The molecule has 208 valence electrons. The van der Waals surface area contributed by atoms with E-state index in [1.54, 1.807) is 37.3 Å². The van der Waals surface area contributed by atoms with Gasteiger partial charge < -0.3 is 25.6 Å². The number of esters is 1. The summed E-state index contributed by atoms with van der Waals surface area (Å²) in [7, 11) is 0. The Bertz CT molecular complexity index is 1370. The number of rotatable bonds is 7. The second kappa shape index (κ2) is 12.7. The first-order valence-corrected chi connectivity index (χ1v) is 14.1. The van der Waals surface area contributed by atoms with Gasteiger partial charge in [-0.1, -0.05) is 43.5 Å². The second-order valence-electron chi connectivity index (χ2n) is 10.4. The standard InChI is InChI=1S/C32H36N4O4/c1-2-40-31(38)23-12-14-26(15-13-23)34-32(39)35-27-16-17-29(36-19-18-22-8-6-7-9-24(22)21-36)28(20-27)30(37)33-25-10-4-3-5-11-25/h6-9,12-17,20,25H,2-5,10-11,18-19,21H2,1H3,(H,33,37)(H2,34,35,39). The van der Waals surface area contributed by atoms with Crippen LogP contribution in [0.3, 0.4) is 0 Å². The van der Waals surface area contributed by atoms with Gasteiger partial charge in [-0.2, -0.15) is 0 Å². The summed E-state index contributed by atoms with van der Waals surface area (Å²) in [6, 6.07) is 20.2. The van der Waals surface area contributed by atoms with E-state index in [1.165, 1.54) is 17.5 Å². The van der Waals surface area contributed by atoms with Gasteiger partial charge in [-0.05, 0) is 79.8 Å². The molecule has 1 aliphatic carbocycles. The summed E-state index contributed by atoms with van der Waals surface area (Å²) < 4.78 is 5.00. The van der Waals surface area contributed by atoms with Crippen LogP contribution >= 0.6 is 0 Å². The molecule has 8 heteroatoms. The number of benzene rings is 3. The zero-order chi connectivity index (χ0) is 27.9. The average molecular weight is 541 g/mol. The SMILES string of the molecule is CCOC(=O)c1ccc(NC(=O)Nc2ccc(N3CCc4ccccc4C3)c(C(=O)NC3CCCCC3)c2)cc1.